The summed E-state index contributed by atoms with van der Waals surface area (Å²) in [7, 11) is 4.16. The van der Waals surface area contributed by atoms with E-state index in [0.717, 1.165) is 29.5 Å². The number of carbonyl (C=O) groups excluding carboxylic acids is 1. The van der Waals surface area contributed by atoms with E-state index in [4.69, 9.17) is 9.15 Å². The van der Waals surface area contributed by atoms with Gasteiger partial charge < -0.3 is 19.4 Å². The normalized spacial score (nSPS) is 11.1. The highest BCUT2D eigenvalue weighted by Crippen LogP contribution is 2.30. The molecule has 6 heteroatoms. The molecule has 0 unspecified atom stereocenters. The smallest absolute Gasteiger partial charge is 0.336 e. The largest absolute Gasteiger partial charge is 0.483 e. The van der Waals surface area contributed by atoms with Crippen molar-refractivity contribution < 1.29 is 18.8 Å². The van der Waals surface area contributed by atoms with Gasteiger partial charge >= 0.3 is 5.63 Å². The van der Waals surface area contributed by atoms with Crippen molar-refractivity contribution in [3.63, 3.8) is 0 Å². The van der Waals surface area contributed by atoms with Gasteiger partial charge in [0, 0.05) is 19.0 Å². The Labute approximate surface area is 147 Å². The highest BCUT2D eigenvalue weighted by molar-refractivity contribution is 5.88. The zero-order valence-electron chi connectivity index (χ0n) is 15.4. The van der Waals surface area contributed by atoms with E-state index in [1.54, 1.807) is 0 Å². The molecule has 25 heavy (non-hydrogen) atoms. The summed E-state index contributed by atoms with van der Waals surface area (Å²) in [5.74, 6) is 0.419. The average molecular weight is 347 g/mol. The van der Waals surface area contributed by atoms with Gasteiger partial charge in [0.25, 0.3) is 5.91 Å². The van der Waals surface area contributed by atoms with Gasteiger partial charge in [-0.1, -0.05) is 6.92 Å². The summed E-state index contributed by atoms with van der Waals surface area (Å²) in [5, 5.41) is 3.62. The maximum atomic E-state index is 12.0. The Kier molecular flexibility index (Phi) is 6.58. The number of amides is 1. The summed E-state index contributed by atoms with van der Waals surface area (Å²) in [5.41, 5.74) is 1.89. The second-order valence-electron chi connectivity index (χ2n) is 6.53. The van der Waals surface area contributed by atoms with Crippen molar-refractivity contribution in [3.8, 4) is 5.75 Å². The molecule has 1 amide bonds. The van der Waals surface area contributed by atoms with Gasteiger partial charge in [0.1, 0.15) is 11.3 Å². The molecule has 2 aromatic rings. The van der Waals surface area contributed by atoms with E-state index < -0.39 is 0 Å². The van der Waals surface area contributed by atoms with Crippen molar-refractivity contribution in [1.82, 2.24) is 5.32 Å². The number of hydrogen-bond donors (Lipinski definition) is 2. The molecule has 0 aliphatic heterocycles. The first-order valence-corrected chi connectivity index (χ1v) is 8.66. The van der Waals surface area contributed by atoms with E-state index in [1.165, 1.54) is 11.0 Å². The predicted octanol–water partition coefficient (Wildman–Crippen LogP) is 0.693. The van der Waals surface area contributed by atoms with Gasteiger partial charge in [-0.25, -0.2) is 4.79 Å². The number of rotatable bonds is 8. The summed E-state index contributed by atoms with van der Waals surface area (Å²) < 4.78 is 11.0. The average Bonchev–Trinajstić information content (AvgIpc) is 2.55. The van der Waals surface area contributed by atoms with Crippen LogP contribution in [0, 0.1) is 6.92 Å². The van der Waals surface area contributed by atoms with E-state index >= 15 is 0 Å². The third-order valence-corrected chi connectivity index (χ3v) is 3.95. The van der Waals surface area contributed by atoms with Crippen LogP contribution >= 0.6 is 0 Å². The quantitative estimate of drug-likeness (QED) is 0.544. The third-order valence-electron chi connectivity index (χ3n) is 3.95. The van der Waals surface area contributed by atoms with Crippen LogP contribution < -0.4 is 20.6 Å². The molecule has 2 rings (SSSR count). The first kappa shape index (κ1) is 19.0. The molecule has 1 aromatic heterocycles. The summed E-state index contributed by atoms with van der Waals surface area (Å²) in [6, 6.07) is 5.16. The first-order valence-electron chi connectivity index (χ1n) is 8.66. The lowest BCUT2D eigenvalue weighted by molar-refractivity contribution is -0.858. The summed E-state index contributed by atoms with van der Waals surface area (Å²) >= 11 is 0. The summed E-state index contributed by atoms with van der Waals surface area (Å²) in [6.07, 6.45) is 1.60. The highest BCUT2D eigenvalue weighted by atomic mass is 16.5. The van der Waals surface area contributed by atoms with Crippen LogP contribution in [0.25, 0.3) is 11.0 Å². The topological polar surface area (TPSA) is 73.0 Å². The lowest BCUT2D eigenvalue weighted by Crippen LogP contribution is -3.05. The molecular formula is C19H27N2O4+. The number of quaternary nitrogens is 1. The van der Waals surface area contributed by atoms with E-state index in [-0.39, 0.29) is 18.1 Å². The Balaban J connectivity index is 2.10. The van der Waals surface area contributed by atoms with Crippen LogP contribution in [-0.4, -0.2) is 39.7 Å². The fourth-order valence-electron chi connectivity index (χ4n) is 2.73. The highest BCUT2D eigenvalue weighted by Gasteiger charge is 2.13. The van der Waals surface area contributed by atoms with Crippen molar-refractivity contribution in [2.75, 3.05) is 33.8 Å². The maximum absolute atomic E-state index is 12.0. The van der Waals surface area contributed by atoms with Gasteiger partial charge in [-0.05, 0) is 36.6 Å². The maximum Gasteiger partial charge on any atom is 0.336 e. The minimum absolute atomic E-state index is 0.0599. The molecule has 0 aliphatic carbocycles. The van der Waals surface area contributed by atoms with E-state index in [1.807, 2.05) is 26.0 Å². The van der Waals surface area contributed by atoms with Crippen molar-refractivity contribution in [1.29, 1.82) is 0 Å². The fourth-order valence-corrected chi connectivity index (χ4v) is 2.73. The van der Waals surface area contributed by atoms with Crippen molar-refractivity contribution in [3.05, 3.63) is 39.7 Å². The molecule has 136 valence electrons. The van der Waals surface area contributed by atoms with Crippen LogP contribution in [-0.2, 0) is 11.2 Å². The molecule has 1 heterocycles. The number of nitrogens with one attached hydrogen (secondary N) is 2. The molecule has 0 aliphatic rings. The summed E-state index contributed by atoms with van der Waals surface area (Å²) in [6.45, 7) is 5.45. The number of ether oxygens (including phenoxy) is 1. The lowest BCUT2D eigenvalue weighted by atomic mass is 10.1. The van der Waals surface area contributed by atoms with Crippen LogP contribution in [0.5, 0.6) is 5.75 Å². The lowest BCUT2D eigenvalue weighted by Gasteiger charge is -2.13. The first-order chi connectivity index (χ1) is 11.9. The number of hydrogen-bond acceptors (Lipinski definition) is 4. The Morgan fingerprint density at radius 1 is 1.28 bits per heavy atom. The second-order valence-corrected chi connectivity index (χ2v) is 6.53. The molecule has 0 radical (unpaired) electrons. The molecule has 6 nitrogen and oxygen atoms in total. The summed E-state index contributed by atoms with van der Waals surface area (Å²) in [4.78, 5) is 25.0. The SMILES string of the molecule is CCc1cc(=O)oc2cc(C)cc(OCC(=O)NCCC[NH+](C)C)c12. The second kappa shape index (κ2) is 8.67. The number of fused-ring (bicyclic) bond motifs is 1. The van der Waals surface area contributed by atoms with Crippen LogP contribution in [0.3, 0.4) is 0 Å². The fraction of sp³-hybridized carbons (Fsp3) is 0.474. The Bertz CT molecular complexity index is 796. The van der Waals surface area contributed by atoms with Crippen molar-refractivity contribution in [2.24, 2.45) is 0 Å². The van der Waals surface area contributed by atoms with Gasteiger partial charge in [-0.2, -0.15) is 0 Å². The Morgan fingerprint density at radius 2 is 2.04 bits per heavy atom. The van der Waals surface area contributed by atoms with E-state index in [2.05, 4.69) is 19.4 Å². The molecule has 0 atom stereocenters. The van der Waals surface area contributed by atoms with Crippen LogP contribution in [0.2, 0.25) is 0 Å². The van der Waals surface area contributed by atoms with Gasteiger partial charge in [0.15, 0.2) is 6.61 Å². The Morgan fingerprint density at radius 3 is 2.72 bits per heavy atom. The minimum Gasteiger partial charge on any atom is -0.483 e. The number of benzene rings is 1. The molecular weight excluding hydrogens is 320 g/mol. The standard InChI is InChI=1S/C19H26N2O4/c1-5-14-11-18(23)25-16-10-13(2)9-15(19(14)16)24-12-17(22)20-7-6-8-21(3)4/h9-11H,5-8,12H2,1-4H3,(H,20,22)/p+1. The molecule has 0 fully saturated rings. The zero-order valence-corrected chi connectivity index (χ0v) is 15.4. The molecule has 0 spiro atoms. The van der Waals surface area contributed by atoms with Gasteiger partial charge in [-0.15, -0.1) is 0 Å². The Hall–Kier alpha value is -2.34. The minimum atomic E-state index is -0.373. The van der Waals surface area contributed by atoms with Crippen LogP contribution in [0.1, 0.15) is 24.5 Å². The molecule has 0 bridgehead atoms. The molecule has 1 aromatic carbocycles. The van der Waals surface area contributed by atoms with Crippen molar-refractivity contribution in [2.45, 2.75) is 26.7 Å². The van der Waals surface area contributed by atoms with Crippen molar-refractivity contribution >= 4 is 16.9 Å². The van der Waals surface area contributed by atoms with Gasteiger partial charge in [0.2, 0.25) is 0 Å². The monoisotopic (exact) mass is 347 g/mol. The van der Waals surface area contributed by atoms with Gasteiger partial charge in [-0.3, -0.25) is 4.79 Å². The van der Waals surface area contributed by atoms with Crippen LogP contribution in [0.4, 0.5) is 0 Å². The molecule has 0 saturated heterocycles. The number of aryl methyl sites for hydroxylation is 2. The molecule has 2 N–H and O–H groups in total. The third kappa shape index (κ3) is 5.32. The van der Waals surface area contributed by atoms with E-state index in [0.29, 0.717) is 24.3 Å². The van der Waals surface area contributed by atoms with E-state index in [9.17, 15) is 9.59 Å². The molecule has 0 saturated carbocycles. The predicted molar refractivity (Wildman–Crippen MR) is 97.4 cm³/mol. The number of carbonyl (C=O) groups is 1. The van der Waals surface area contributed by atoms with Gasteiger partial charge in [0.05, 0.1) is 26.0 Å². The zero-order chi connectivity index (χ0) is 18.4. The van der Waals surface area contributed by atoms with Crippen LogP contribution in [0.15, 0.2) is 27.4 Å².